The molecular formula is C13H20ClN3O. The van der Waals surface area contributed by atoms with E-state index in [9.17, 15) is 0 Å². The molecule has 0 bridgehead atoms. The third-order valence-electron chi connectivity index (χ3n) is 3.30. The van der Waals surface area contributed by atoms with Gasteiger partial charge in [0.05, 0.1) is 6.61 Å². The molecule has 2 atom stereocenters. The second-order valence-electron chi connectivity index (χ2n) is 4.67. The molecule has 1 aliphatic carbocycles. The molecule has 1 aromatic heterocycles. The molecule has 18 heavy (non-hydrogen) atoms. The second-order valence-corrected chi connectivity index (χ2v) is 4.98. The molecule has 1 heterocycles. The number of nitrogens with zero attached hydrogens (tertiary/aromatic N) is 2. The molecule has 100 valence electrons. The highest BCUT2D eigenvalue weighted by molar-refractivity contribution is 6.18. The fourth-order valence-corrected chi connectivity index (χ4v) is 2.81. The fraction of sp³-hybridized carbons (Fsp3) is 0.692. The minimum absolute atomic E-state index is 0.422. The Balaban J connectivity index is 2.08. The summed E-state index contributed by atoms with van der Waals surface area (Å²) in [7, 11) is 0. The van der Waals surface area contributed by atoms with Gasteiger partial charge in [-0.1, -0.05) is 6.42 Å². The maximum atomic E-state index is 5.98. The number of aryl methyl sites for hydroxylation is 1. The van der Waals surface area contributed by atoms with E-state index in [1.54, 1.807) is 0 Å². The van der Waals surface area contributed by atoms with Crippen LogP contribution < -0.4 is 10.1 Å². The number of alkyl halides is 1. The summed E-state index contributed by atoms with van der Waals surface area (Å²) in [5, 5.41) is 3.47. The van der Waals surface area contributed by atoms with E-state index < -0.39 is 0 Å². The topological polar surface area (TPSA) is 47.0 Å². The van der Waals surface area contributed by atoms with Gasteiger partial charge in [0.2, 0.25) is 5.88 Å². The van der Waals surface area contributed by atoms with Gasteiger partial charge in [-0.2, -0.15) is 4.98 Å². The van der Waals surface area contributed by atoms with Gasteiger partial charge in [0.15, 0.2) is 0 Å². The molecule has 0 aromatic carbocycles. The van der Waals surface area contributed by atoms with Gasteiger partial charge in [0.25, 0.3) is 0 Å². The quantitative estimate of drug-likeness (QED) is 0.835. The van der Waals surface area contributed by atoms with Crippen molar-refractivity contribution in [1.29, 1.82) is 0 Å². The lowest BCUT2D eigenvalue weighted by Crippen LogP contribution is -2.25. The highest BCUT2D eigenvalue weighted by Gasteiger charge is 2.26. The number of rotatable bonds is 5. The molecule has 1 fully saturated rings. The lowest BCUT2D eigenvalue weighted by atomic mass is 10.1. The number of halogens is 1. The van der Waals surface area contributed by atoms with Crippen molar-refractivity contribution in [1.82, 2.24) is 9.97 Å². The Bertz CT molecular complexity index is 400. The molecule has 2 unspecified atom stereocenters. The molecule has 1 N–H and O–H groups in total. The second kappa shape index (κ2) is 6.23. The van der Waals surface area contributed by atoms with E-state index in [1.165, 1.54) is 12.8 Å². The van der Waals surface area contributed by atoms with E-state index in [4.69, 9.17) is 16.3 Å². The first-order valence-electron chi connectivity index (χ1n) is 6.54. The van der Waals surface area contributed by atoms with E-state index in [1.807, 2.05) is 19.9 Å². The molecule has 1 aromatic rings. The maximum absolute atomic E-state index is 5.98. The van der Waals surface area contributed by atoms with Gasteiger partial charge >= 0.3 is 0 Å². The number of aromatic nitrogens is 2. The number of anilines is 1. The van der Waals surface area contributed by atoms with Gasteiger partial charge in [-0.3, -0.25) is 0 Å². The highest BCUT2D eigenvalue weighted by atomic mass is 35.5. The predicted octanol–water partition coefficient (Wildman–Crippen LogP) is 3.00. The molecule has 0 saturated heterocycles. The van der Waals surface area contributed by atoms with E-state index in [0.717, 1.165) is 18.1 Å². The van der Waals surface area contributed by atoms with Crippen molar-refractivity contribution in [2.75, 3.05) is 17.8 Å². The van der Waals surface area contributed by atoms with Crippen LogP contribution in [0.3, 0.4) is 0 Å². The van der Waals surface area contributed by atoms with Gasteiger partial charge in [0.1, 0.15) is 11.6 Å². The van der Waals surface area contributed by atoms with Crippen molar-refractivity contribution in [3.63, 3.8) is 0 Å². The highest BCUT2D eigenvalue weighted by Crippen LogP contribution is 2.29. The molecule has 5 heteroatoms. The molecule has 4 nitrogen and oxygen atoms in total. The van der Waals surface area contributed by atoms with Crippen LogP contribution in [0, 0.1) is 12.8 Å². The SMILES string of the molecule is CCOc1cc(NC2CCCC2CCl)nc(C)n1. The van der Waals surface area contributed by atoms with Crippen molar-refractivity contribution in [2.24, 2.45) is 5.92 Å². The first-order valence-corrected chi connectivity index (χ1v) is 7.07. The number of ether oxygens (including phenoxy) is 1. The minimum Gasteiger partial charge on any atom is -0.478 e. The van der Waals surface area contributed by atoms with Crippen molar-refractivity contribution in [2.45, 2.75) is 39.2 Å². The monoisotopic (exact) mass is 269 g/mol. The van der Waals surface area contributed by atoms with Crippen molar-refractivity contribution < 1.29 is 4.74 Å². The van der Waals surface area contributed by atoms with Crippen LogP contribution in [0.5, 0.6) is 5.88 Å². The third kappa shape index (κ3) is 3.25. The summed E-state index contributed by atoms with van der Waals surface area (Å²) in [6.45, 7) is 4.44. The Kier molecular flexibility index (Phi) is 4.64. The number of hydrogen-bond donors (Lipinski definition) is 1. The van der Waals surface area contributed by atoms with Crippen LogP contribution in [0.15, 0.2) is 6.07 Å². The largest absolute Gasteiger partial charge is 0.478 e. The van der Waals surface area contributed by atoms with Crippen LogP contribution >= 0.6 is 11.6 Å². The van der Waals surface area contributed by atoms with Crippen LogP contribution in [-0.4, -0.2) is 28.5 Å². The molecule has 2 rings (SSSR count). The fourth-order valence-electron chi connectivity index (χ4n) is 2.44. The molecule has 1 saturated carbocycles. The van der Waals surface area contributed by atoms with Gasteiger partial charge in [-0.15, -0.1) is 11.6 Å². The Morgan fingerprint density at radius 1 is 1.44 bits per heavy atom. The average Bonchev–Trinajstić information content (AvgIpc) is 2.76. The summed E-state index contributed by atoms with van der Waals surface area (Å²) in [5.74, 6) is 3.45. The number of hydrogen-bond acceptors (Lipinski definition) is 4. The Morgan fingerprint density at radius 3 is 3.00 bits per heavy atom. The predicted molar refractivity (Wildman–Crippen MR) is 73.4 cm³/mol. The first kappa shape index (κ1) is 13.4. The van der Waals surface area contributed by atoms with Gasteiger partial charge in [0, 0.05) is 18.0 Å². The Hall–Kier alpha value is -1.03. The summed E-state index contributed by atoms with van der Waals surface area (Å²) in [6, 6.07) is 2.28. The normalized spacial score (nSPS) is 23.1. The van der Waals surface area contributed by atoms with E-state index in [-0.39, 0.29) is 0 Å². The molecule has 0 radical (unpaired) electrons. The van der Waals surface area contributed by atoms with Crippen LogP contribution in [0.25, 0.3) is 0 Å². The maximum Gasteiger partial charge on any atom is 0.218 e. The van der Waals surface area contributed by atoms with E-state index in [2.05, 4.69) is 15.3 Å². The van der Waals surface area contributed by atoms with Crippen LogP contribution in [0.2, 0.25) is 0 Å². The Morgan fingerprint density at radius 2 is 2.28 bits per heavy atom. The van der Waals surface area contributed by atoms with E-state index >= 15 is 0 Å². The summed E-state index contributed by atoms with van der Waals surface area (Å²) in [4.78, 5) is 8.64. The first-order chi connectivity index (χ1) is 8.72. The van der Waals surface area contributed by atoms with Crippen molar-refractivity contribution in [3.05, 3.63) is 11.9 Å². The summed E-state index contributed by atoms with van der Waals surface area (Å²) in [6.07, 6.45) is 3.59. The zero-order valence-corrected chi connectivity index (χ0v) is 11.7. The van der Waals surface area contributed by atoms with E-state index in [0.29, 0.717) is 30.3 Å². The summed E-state index contributed by atoms with van der Waals surface area (Å²) < 4.78 is 5.43. The molecule has 0 spiro atoms. The molecule has 0 aliphatic heterocycles. The minimum atomic E-state index is 0.422. The smallest absolute Gasteiger partial charge is 0.218 e. The molecular weight excluding hydrogens is 250 g/mol. The standard InChI is InChI=1S/C13H20ClN3O/c1-3-18-13-7-12(15-9(2)16-13)17-11-6-4-5-10(11)8-14/h7,10-11H,3-6,8H2,1-2H3,(H,15,16,17). The molecule has 0 amide bonds. The van der Waals surface area contributed by atoms with Crippen molar-refractivity contribution in [3.8, 4) is 5.88 Å². The zero-order valence-electron chi connectivity index (χ0n) is 10.9. The Labute approximate surface area is 113 Å². The van der Waals surface area contributed by atoms with Crippen LogP contribution in [0.4, 0.5) is 5.82 Å². The lowest BCUT2D eigenvalue weighted by molar-refractivity contribution is 0.325. The van der Waals surface area contributed by atoms with Crippen LogP contribution in [0.1, 0.15) is 32.0 Å². The lowest BCUT2D eigenvalue weighted by Gasteiger charge is -2.19. The zero-order chi connectivity index (χ0) is 13.0. The van der Waals surface area contributed by atoms with Crippen LogP contribution in [-0.2, 0) is 0 Å². The van der Waals surface area contributed by atoms with Gasteiger partial charge < -0.3 is 10.1 Å². The third-order valence-corrected chi connectivity index (χ3v) is 3.69. The summed E-state index contributed by atoms with van der Waals surface area (Å²) >= 11 is 5.98. The average molecular weight is 270 g/mol. The van der Waals surface area contributed by atoms with Gasteiger partial charge in [-0.25, -0.2) is 4.98 Å². The molecule has 1 aliphatic rings. The van der Waals surface area contributed by atoms with Gasteiger partial charge in [-0.05, 0) is 32.6 Å². The van der Waals surface area contributed by atoms with Crippen molar-refractivity contribution >= 4 is 17.4 Å². The number of nitrogens with one attached hydrogen (secondary N) is 1. The summed E-state index contributed by atoms with van der Waals surface area (Å²) in [5.41, 5.74) is 0.